The van der Waals surface area contributed by atoms with Crippen molar-refractivity contribution in [1.82, 2.24) is 4.90 Å². The first kappa shape index (κ1) is 23.5. The van der Waals surface area contributed by atoms with Gasteiger partial charge in [-0.25, -0.2) is 4.39 Å². The molecule has 32 heavy (non-hydrogen) atoms. The predicted octanol–water partition coefficient (Wildman–Crippen LogP) is 4.38. The molecule has 3 rings (SSSR count). The molecule has 0 aromatic heterocycles. The number of Topliss-reactive ketones (excluding diaryl/α,β-unsaturated/α-hetero) is 1. The number of aliphatic hydroxyl groups excluding tert-OH is 1. The molecule has 1 saturated heterocycles. The van der Waals surface area contributed by atoms with Gasteiger partial charge in [0, 0.05) is 24.3 Å². The molecule has 1 heterocycles. The van der Waals surface area contributed by atoms with Crippen molar-refractivity contribution in [3.8, 4) is 5.75 Å². The Morgan fingerprint density at radius 3 is 2.53 bits per heavy atom. The molecule has 1 aliphatic heterocycles. The van der Waals surface area contributed by atoms with Crippen molar-refractivity contribution >= 4 is 17.4 Å². The number of carbonyl (C=O) groups is 2. The van der Waals surface area contributed by atoms with Gasteiger partial charge in [-0.1, -0.05) is 18.2 Å². The molecule has 1 N–H and O–H groups in total. The van der Waals surface area contributed by atoms with Crippen LogP contribution in [0.4, 0.5) is 4.39 Å². The SMILES string of the molecule is COc1ccc(/C(O)=C2\C(=O)C(=O)N(CCCOC(C)C)C2c2ccccc2F)cc1C. The molecule has 1 amide bonds. The number of halogens is 1. The summed E-state index contributed by atoms with van der Waals surface area (Å²) >= 11 is 0. The Kier molecular flexibility index (Phi) is 7.30. The number of hydrogen-bond donors (Lipinski definition) is 1. The van der Waals surface area contributed by atoms with Gasteiger partial charge < -0.3 is 19.5 Å². The normalized spacial score (nSPS) is 17.9. The summed E-state index contributed by atoms with van der Waals surface area (Å²) in [4.78, 5) is 27.2. The van der Waals surface area contributed by atoms with E-state index in [4.69, 9.17) is 9.47 Å². The Morgan fingerprint density at radius 1 is 1.19 bits per heavy atom. The van der Waals surface area contributed by atoms with Crippen LogP contribution < -0.4 is 4.74 Å². The van der Waals surface area contributed by atoms with E-state index in [1.54, 1.807) is 31.2 Å². The van der Waals surface area contributed by atoms with Gasteiger partial charge in [-0.2, -0.15) is 0 Å². The van der Waals surface area contributed by atoms with Gasteiger partial charge >= 0.3 is 0 Å². The number of likely N-dealkylation sites (tertiary alicyclic amines) is 1. The van der Waals surface area contributed by atoms with Crippen molar-refractivity contribution < 1.29 is 28.6 Å². The first-order chi connectivity index (χ1) is 15.3. The standard InChI is InChI=1S/C25H28FNO5/c1-15(2)32-13-7-12-27-22(18-8-5-6-9-19(18)26)21(24(29)25(27)30)23(28)17-10-11-20(31-4)16(3)14-17/h5-6,8-11,14-15,22,28H,7,12-13H2,1-4H3/b23-21+. The largest absolute Gasteiger partial charge is 0.507 e. The van der Waals surface area contributed by atoms with E-state index in [9.17, 15) is 19.1 Å². The summed E-state index contributed by atoms with van der Waals surface area (Å²) in [5, 5.41) is 11.1. The highest BCUT2D eigenvalue weighted by Crippen LogP contribution is 2.40. The van der Waals surface area contributed by atoms with Gasteiger partial charge in [0.05, 0.1) is 24.8 Å². The molecule has 7 heteroatoms. The van der Waals surface area contributed by atoms with Gasteiger partial charge in [-0.3, -0.25) is 9.59 Å². The topological polar surface area (TPSA) is 76.1 Å². The molecular weight excluding hydrogens is 413 g/mol. The van der Waals surface area contributed by atoms with E-state index in [1.807, 2.05) is 13.8 Å². The molecule has 0 spiro atoms. The van der Waals surface area contributed by atoms with Crippen LogP contribution in [0.25, 0.3) is 5.76 Å². The highest BCUT2D eigenvalue weighted by molar-refractivity contribution is 6.46. The number of hydrogen-bond acceptors (Lipinski definition) is 5. The van der Waals surface area contributed by atoms with Crippen molar-refractivity contribution in [2.45, 2.75) is 39.3 Å². The van der Waals surface area contributed by atoms with Gasteiger partial charge in [-0.15, -0.1) is 0 Å². The highest BCUT2D eigenvalue weighted by atomic mass is 19.1. The second-order valence-electron chi connectivity index (χ2n) is 7.97. The van der Waals surface area contributed by atoms with Crippen LogP contribution in [0, 0.1) is 12.7 Å². The Labute approximate surface area is 187 Å². The molecule has 0 saturated carbocycles. The maximum atomic E-state index is 14.8. The summed E-state index contributed by atoms with van der Waals surface area (Å²) in [6.45, 7) is 6.19. The van der Waals surface area contributed by atoms with Crippen molar-refractivity contribution in [2.24, 2.45) is 0 Å². The lowest BCUT2D eigenvalue weighted by Crippen LogP contribution is -2.31. The maximum Gasteiger partial charge on any atom is 0.295 e. The number of nitrogens with zero attached hydrogens (tertiary/aromatic N) is 1. The molecule has 0 radical (unpaired) electrons. The number of aliphatic hydroxyl groups is 1. The van der Waals surface area contributed by atoms with E-state index in [-0.39, 0.29) is 29.5 Å². The number of methoxy groups -OCH3 is 1. The van der Waals surface area contributed by atoms with Crippen LogP contribution in [-0.4, -0.2) is 48.1 Å². The van der Waals surface area contributed by atoms with Crippen LogP contribution in [0.1, 0.15) is 43.0 Å². The van der Waals surface area contributed by atoms with Gasteiger partial charge in [0.25, 0.3) is 11.7 Å². The first-order valence-corrected chi connectivity index (χ1v) is 10.6. The Morgan fingerprint density at radius 2 is 1.91 bits per heavy atom. The number of amides is 1. The number of ketones is 1. The zero-order chi connectivity index (χ0) is 23.4. The van der Waals surface area contributed by atoms with E-state index in [0.717, 1.165) is 5.56 Å². The fraction of sp³-hybridized carbons (Fsp3) is 0.360. The van der Waals surface area contributed by atoms with Crippen molar-refractivity contribution in [3.63, 3.8) is 0 Å². The van der Waals surface area contributed by atoms with Gasteiger partial charge in [0.2, 0.25) is 0 Å². The third-order valence-electron chi connectivity index (χ3n) is 5.40. The van der Waals surface area contributed by atoms with Crippen molar-refractivity contribution in [2.75, 3.05) is 20.3 Å². The van der Waals surface area contributed by atoms with Gasteiger partial charge in [0.15, 0.2) is 0 Å². The predicted molar refractivity (Wildman–Crippen MR) is 119 cm³/mol. The van der Waals surface area contributed by atoms with Crippen LogP contribution in [0.2, 0.25) is 0 Å². The zero-order valence-electron chi connectivity index (χ0n) is 18.7. The minimum absolute atomic E-state index is 0.0334. The maximum absolute atomic E-state index is 14.8. The smallest absolute Gasteiger partial charge is 0.295 e. The Balaban J connectivity index is 2.07. The second kappa shape index (κ2) is 9.96. The molecule has 2 aromatic rings. The molecule has 1 unspecified atom stereocenters. The van der Waals surface area contributed by atoms with Crippen molar-refractivity contribution in [1.29, 1.82) is 0 Å². The monoisotopic (exact) mass is 441 g/mol. The minimum atomic E-state index is -1.03. The molecule has 2 aromatic carbocycles. The number of benzene rings is 2. The Bertz CT molecular complexity index is 1050. The second-order valence-corrected chi connectivity index (χ2v) is 7.97. The third kappa shape index (κ3) is 4.67. The van der Waals surface area contributed by atoms with E-state index in [1.165, 1.54) is 30.2 Å². The van der Waals surface area contributed by atoms with Crippen LogP contribution in [0.3, 0.4) is 0 Å². The van der Waals surface area contributed by atoms with E-state index < -0.39 is 23.5 Å². The average molecular weight is 441 g/mol. The summed E-state index contributed by atoms with van der Waals surface area (Å²) in [5.41, 5.74) is 1.13. The van der Waals surface area contributed by atoms with Crippen LogP contribution >= 0.6 is 0 Å². The summed E-state index contributed by atoms with van der Waals surface area (Å²) in [5.74, 6) is -1.88. The Hall–Kier alpha value is -3.19. The van der Waals surface area contributed by atoms with Crippen LogP contribution in [0.15, 0.2) is 48.0 Å². The fourth-order valence-corrected chi connectivity index (χ4v) is 3.87. The average Bonchev–Trinajstić information content (AvgIpc) is 3.01. The summed E-state index contributed by atoms with van der Waals surface area (Å²) < 4.78 is 25.6. The van der Waals surface area contributed by atoms with Crippen LogP contribution in [0.5, 0.6) is 5.75 Å². The summed E-state index contributed by atoms with van der Waals surface area (Å²) in [7, 11) is 1.54. The lowest BCUT2D eigenvalue weighted by atomic mass is 9.94. The first-order valence-electron chi connectivity index (χ1n) is 10.6. The molecule has 170 valence electrons. The number of carbonyl (C=O) groups excluding carboxylic acids is 2. The summed E-state index contributed by atoms with van der Waals surface area (Å²) in [6, 6.07) is 9.87. The minimum Gasteiger partial charge on any atom is -0.507 e. The molecule has 6 nitrogen and oxygen atoms in total. The fourth-order valence-electron chi connectivity index (χ4n) is 3.87. The van der Waals surface area contributed by atoms with Crippen molar-refractivity contribution in [3.05, 3.63) is 70.5 Å². The van der Waals surface area contributed by atoms with Crippen LogP contribution in [-0.2, 0) is 14.3 Å². The molecule has 0 bridgehead atoms. The van der Waals surface area contributed by atoms with E-state index in [0.29, 0.717) is 24.3 Å². The van der Waals surface area contributed by atoms with E-state index in [2.05, 4.69) is 0 Å². The number of aryl methyl sites for hydroxylation is 1. The molecule has 1 aliphatic rings. The zero-order valence-corrected chi connectivity index (χ0v) is 18.7. The highest BCUT2D eigenvalue weighted by Gasteiger charge is 2.46. The lowest BCUT2D eigenvalue weighted by Gasteiger charge is -2.25. The van der Waals surface area contributed by atoms with Gasteiger partial charge in [0.1, 0.15) is 17.3 Å². The molecule has 1 fully saturated rings. The molecule has 0 aliphatic carbocycles. The molecule has 1 atom stereocenters. The van der Waals surface area contributed by atoms with Gasteiger partial charge in [-0.05, 0) is 57.0 Å². The third-order valence-corrected chi connectivity index (χ3v) is 5.40. The van der Waals surface area contributed by atoms with E-state index >= 15 is 0 Å². The molecular formula is C25H28FNO5. The summed E-state index contributed by atoms with van der Waals surface area (Å²) in [6.07, 6.45) is 0.503. The lowest BCUT2D eigenvalue weighted by molar-refractivity contribution is -0.140. The number of rotatable bonds is 8. The quantitative estimate of drug-likeness (QED) is 0.285. The number of ether oxygens (including phenoxy) is 2.